The molecule has 3 N–H and O–H groups in total. The summed E-state index contributed by atoms with van der Waals surface area (Å²) in [6.45, 7) is 11.7. The topological polar surface area (TPSA) is 58.3 Å². The number of quaternary nitrogens is 2. The molecule has 2 aliphatic rings. The van der Waals surface area contributed by atoms with Gasteiger partial charge in [0.15, 0.2) is 13.1 Å². The van der Waals surface area contributed by atoms with Crippen molar-refractivity contribution in [2.45, 2.75) is 46.5 Å². The van der Waals surface area contributed by atoms with Crippen molar-refractivity contribution < 1.29 is 19.4 Å². The number of allylic oxidation sites excluding steroid dienone is 2. The van der Waals surface area contributed by atoms with Crippen LogP contribution in [0.3, 0.4) is 0 Å². The maximum Gasteiger partial charge on any atom is 0.281 e. The quantitative estimate of drug-likeness (QED) is 0.602. The molecule has 3 rings (SSSR count). The van der Waals surface area contributed by atoms with E-state index in [4.69, 9.17) is 0 Å². The van der Waals surface area contributed by atoms with Crippen LogP contribution in [0, 0.1) is 13.8 Å². The summed E-state index contributed by atoms with van der Waals surface area (Å²) in [5, 5.41) is 3.09. The smallest absolute Gasteiger partial charge is 0.281 e. The van der Waals surface area contributed by atoms with Crippen LogP contribution in [0.25, 0.3) is 0 Å². The fourth-order valence-electron chi connectivity index (χ4n) is 4.65. The Morgan fingerprint density at radius 3 is 2.20 bits per heavy atom. The number of hydrogen-bond donors (Lipinski definition) is 3. The largest absolute Gasteiger partial charge is 0.321 e. The lowest BCUT2D eigenvalue weighted by Gasteiger charge is -2.31. The molecule has 0 saturated carbocycles. The predicted octanol–water partition coefficient (Wildman–Crippen LogP) is 0.332. The van der Waals surface area contributed by atoms with Crippen LogP contribution in [-0.4, -0.2) is 62.5 Å². The molecular formula is C24H38N4O2+2. The highest BCUT2D eigenvalue weighted by Crippen LogP contribution is 2.21. The molecule has 1 aliphatic heterocycles. The number of nitrogens with zero attached hydrogens (tertiary/aromatic N) is 1. The van der Waals surface area contributed by atoms with Gasteiger partial charge in [-0.25, -0.2) is 0 Å². The molecule has 1 aliphatic carbocycles. The maximum absolute atomic E-state index is 12.9. The highest BCUT2D eigenvalue weighted by Gasteiger charge is 2.28. The first kappa shape index (κ1) is 22.5. The number of likely N-dealkylation sites (N-methyl/N-ethyl adjacent to an activating group) is 1. The number of hydrogen-bond acceptors (Lipinski definition) is 2. The van der Waals surface area contributed by atoms with Crippen LogP contribution in [0.15, 0.2) is 30.0 Å². The Morgan fingerprint density at radius 1 is 1.00 bits per heavy atom. The minimum atomic E-state index is 0.0725. The van der Waals surface area contributed by atoms with Gasteiger partial charge in [0.1, 0.15) is 26.2 Å². The summed E-state index contributed by atoms with van der Waals surface area (Å²) < 4.78 is 0. The van der Waals surface area contributed by atoms with Gasteiger partial charge >= 0.3 is 0 Å². The van der Waals surface area contributed by atoms with E-state index in [1.54, 1.807) is 0 Å². The molecule has 1 aromatic carbocycles. The molecule has 6 nitrogen and oxygen atoms in total. The van der Waals surface area contributed by atoms with Crippen molar-refractivity contribution in [1.29, 1.82) is 0 Å². The van der Waals surface area contributed by atoms with Crippen LogP contribution in [0.1, 0.15) is 43.7 Å². The van der Waals surface area contributed by atoms with E-state index in [-0.39, 0.29) is 11.8 Å². The zero-order chi connectivity index (χ0) is 21.5. The van der Waals surface area contributed by atoms with Gasteiger partial charge in [0, 0.05) is 17.9 Å². The molecule has 1 saturated heterocycles. The average molecular weight is 415 g/mol. The summed E-state index contributed by atoms with van der Waals surface area (Å²) in [7, 11) is 0. The van der Waals surface area contributed by atoms with E-state index in [9.17, 15) is 9.59 Å². The van der Waals surface area contributed by atoms with E-state index in [0.717, 1.165) is 62.4 Å². The summed E-state index contributed by atoms with van der Waals surface area (Å²) in [5.41, 5.74) is 4.35. The SMILES string of the molecule is CCN(C(=O)C[NH+]1CC[NH+](CC(=O)Nc2c(C)cccc2C)CC1)C1=CCCCC1. The number of nitrogens with one attached hydrogen (secondary N) is 3. The number of amides is 2. The Hall–Kier alpha value is -2.18. The summed E-state index contributed by atoms with van der Waals surface area (Å²) in [6.07, 6.45) is 6.80. The van der Waals surface area contributed by atoms with Gasteiger partial charge in [-0.05, 0) is 57.6 Å². The van der Waals surface area contributed by atoms with Gasteiger partial charge in [-0.2, -0.15) is 0 Å². The molecule has 0 spiro atoms. The molecule has 1 heterocycles. The number of anilines is 1. The molecule has 2 amide bonds. The number of benzene rings is 1. The predicted molar refractivity (Wildman–Crippen MR) is 120 cm³/mol. The van der Waals surface area contributed by atoms with E-state index >= 15 is 0 Å². The minimum Gasteiger partial charge on any atom is -0.321 e. The first-order valence-electron chi connectivity index (χ1n) is 11.5. The Balaban J connectivity index is 1.44. The maximum atomic E-state index is 12.9. The average Bonchev–Trinajstić information content (AvgIpc) is 2.74. The van der Waals surface area contributed by atoms with Crippen molar-refractivity contribution in [3.05, 3.63) is 41.1 Å². The van der Waals surface area contributed by atoms with Crippen LogP contribution in [-0.2, 0) is 9.59 Å². The van der Waals surface area contributed by atoms with Crippen molar-refractivity contribution in [2.75, 3.05) is 51.1 Å². The summed E-state index contributed by atoms with van der Waals surface area (Å²) >= 11 is 0. The van der Waals surface area contributed by atoms with Gasteiger partial charge in [0.05, 0.1) is 0 Å². The minimum absolute atomic E-state index is 0.0725. The summed E-state index contributed by atoms with van der Waals surface area (Å²) in [6, 6.07) is 6.06. The molecule has 0 unspecified atom stereocenters. The third-order valence-electron chi connectivity index (χ3n) is 6.45. The van der Waals surface area contributed by atoms with E-state index < -0.39 is 0 Å². The van der Waals surface area contributed by atoms with Gasteiger partial charge in [0.2, 0.25) is 0 Å². The Labute approximate surface area is 180 Å². The number of carbonyl (C=O) groups is 2. The summed E-state index contributed by atoms with van der Waals surface area (Å²) in [5.74, 6) is 0.320. The lowest BCUT2D eigenvalue weighted by Crippen LogP contribution is -3.28. The molecule has 1 aromatic rings. The molecule has 1 fully saturated rings. The fraction of sp³-hybridized carbons (Fsp3) is 0.583. The number of rotatable bonds is 7. The lowest BCUT2D eigenvalue weighted by molar-refractivity contribution is -1.00. The molecular weight excluding hydrogens is 376 g/mol. The highest BCUT2D eigenvalue weighted by atomic mass is 16.2. The van der Waals surface area contributed by atoms with Crippen LogP contribution in [0.5, 0.6) is 0 Å². The van der Waals surface area contributed by atoms with Gasteiger partial charge in [-0.3, -0.25) is 9.59 Å². The highest BCUT2D eigenvalue weighted by molar-refractivity contribution is 5.93. The Bertz CT molecular complexity index is 761. The molecule has 164 valence electrons. The molecule has 0 aromatic heterocycles. The third kappa shape index (κ3) is 5.92. The molecule has 6 heteroatoms. The van der Waals surface area contributed by atoms with Crippen LogP contribution >= 0.6 is 0 Å². The first-order chi connectivity index (χ1) is 14.5. The van der Waals surface area contributed by atoms with Gasteiger partial charge in [0.25, 0.3) is 11.8 Å². The normalized spacial score (nSPS) is 21.6. The molecule has 0 bridgehead atoms. The van der Waals surface area contributed by atoms with E-state index in [1.165, 1.54) is 28.3 Å². The number of aryl methyl sites for hydroxylation is 2. The van der Waals surface area contributed by atoms with Crippen molar-refractivity contribution in [3.8, 4) is 0 Å². The number of para-hydroxylation sites is 1. The second kappa shape index (κ2) is 10.7. The van der Waals surface area contributed by atoms with Crippen LogP contribution < -0.4 is 15.1 Å². The lowest BCUT2D eigenvalue weighted by atomic mass is 10.0. The first-order valence-corrected chi connectivity index (χ1v) is 11.5. The zero-order valence-corrected chi connectivity index (χ0v) is 18.9. The Kier molecular flexibility index (Phi) is 8.05. The molecule has 0 radical (unpaired) electrons. The second-order valence-electron chi connectivity index (χ2n) is 8.75. The van der Waals surface area contributed by atoms with Crippen molar-refractivity contribution in [2.24, 2.45) is 0 Å². The second-order valence-corrected chi connectivity index (χ2v) is 8.75. The zero-order valence-electron chi connectivity index (χ0n) is 18.9. The van der Waals surface area contributed by atoms with E-state index in [0.29, 0.717) is 13.1 Å². The number of piperazine rings is 1. The van der Waals surface area contributed by atoms with Crippen molar-refractivity contribution in [1.82, 2.24) is 4.90 Å². The number of carbonyl (C=O) groups excluding carboxylic acids is 2. The standard InChI is InChI=1S/C24H36N4O2/c1-4-28(21-11-6-5-7-12-21)23(30)18-27-15-13-26(14-16-27)17-22(29)25-24-19(2)9-8-10-20(24)3/h8-11H,4-7,12-18H2,1-3H3,(H,25,29)/p+2. The van der Waals surface area contributed by atoms with Crippen molar-refractivity contribution in [3.63, 3.8) is 0 Å². The van der Waals surface area contributed by atoms with Crippen LogP contribution in [0.4, 0.5) is 5.69 Å². The van der Waals surface area contributed by atoms with Crippen molar-refractivity contribution >= 4 is 17.5 Å². The van der Waals surface area contributed by atoms with Gasteiger partial charge in [-0.15, -0.1) is 0 Å². The third-order valence-corrected chi connectivity index (χ3v) is 6.45. The van der Waals surface area contributed by atoms with Gasteiger partial charge in [-0.1, -0.05) is 24.3 Å². The van der Waals surface area contributed by atoms with E-state index in [2.05, 4.69) is 18.3 Å². The van der Waals surface area contributed by atoms with Crippen LogP contribution in [0.2, 0.25) is 0 Å². The molecule has 0 atom stereocenters. The fourth-order valence-corrected chi connectivity index (χ4v) is 4.65. The Morgan fingerprint density at radius 2 is 1.63 bits per heavy atom. The summed E-state index contributed by atoms with van der Waals surface area (Å²) in [4.78, 5) is 30.0. The van der Waals surface area contributed by atoms with E-state index in [1.807, 2.05) is 36.9 Å². The van der Waals surface area contributed by atoms with Gasteiger partial charge < -0.3 is 20.0 Å². The monoisotopic (exact) mass is 414 g/mol. The molecule has 30 heavy (non-hydrogen) atoms.